The lowest BCUT2D eigenvalue weighted by molar-refractivity contribution is -0.134. The summed E-state index contributed by atoms with van der Waals surface area (Å²) in [6.45, 7) is 0. The van der Waals surface area contributed by atoms with Gasteiger partial charge < -0.3 is 4.90 Å². The first kappa shape index (κ1) is 13.6. The predicted molar refractivity (Wildman–Crippen MR) is 74.3 cm³/mol. The van der Waals surface area contributed by atoms with Crippen LogP contribution in [0.2, 0.25) is 0 Å². The minimum absolute atomic E-state index is 0.0294. The second-order valence-corrected chi connectivity index (χ2v) is 5.26. The summed E-state index contributed by atoms with van der Waals surface area (Å²) < 4.78 is 0. The number of carbonyl (C=O) groups excluding carboxylic acids is 1. The third-order valence-electron chi connectivity index (χ3n) is 3.96. The van der Waals surface area contributed by atoms with Gasteiger partial charge in [0.1, 0.15) is 5.92 Å². The molecule has 1 atom stereocenters. The van der Waals surface area contributed by atoms with Crippen molar-refractivity contribution in [3.63, 3.8) is 0 Å². The average molecular weight is 256 g/mol. The number of nitriles is 1. The zero-order valence-electron chi connectivity index (χ0n) is 11.4. The quantitative estimate of drug-likeness (QED) is 0.831. The molecule has 3 heteroatoms. The van der Waals surface area contributed by atoms with Crippen LogP contribution in [0.25, 0.3) is 0 Å². The van der Waals surface area contributed by atoms with Crippen molar-refractivity contribution in [2.75, 3.05) is 7.05 Å². The molecule has 1 aliphatic rings. The van der Waals surface area contributed by atoms with Crippen molar-refractivity contribution in [3.05, 3.63) is 35.9 Å². The van der Waals surface area contributed by atoms with E-state index in [0.717, 1.165) is 18.4 Å². The number of carbonyl (C=O) groups is 1. The topological polar surface area (TPSA) is 44.1 Å². The Bertz CT molecular complexity index is 457. The van der Waals surface area contributed by atoms with E-state index < -0.39 is 5.92 Å². The van der Waals surface area contributed by atoms with Gasteiger partial charge in [-0.25, -0.2) is 0 Å². The Morgan fingerprint density at radius 2 is 2.00 bits per heavy atom. The van der Waals surface area contributed by atoms with Crippen LogP contribution in [0.4, 0.5) is 0 Å². The van der Waals surface area contributed by atoms with Gasteiger partial charge in [-0.3, -0.25) is 4.79 Å². The third kappa shape index (κ3) is 3.35. The first-order valence-electron chi connectivity index (χ1n) is 6.92. The molecule has 0 N–H and O–H groups in total. The van der Waals surface area contributed by atoms with Crippen LogP contribution in [-0.4, -0.2) is 23.9 Å². The average Bonchev–Trinajstić information content (AvgIpc) is 2.98. The molecule has 1 unspecified atom stereocenters. The lowest BCUT2D eigenvalue weighted by Gasteiger charge is -2.26. The monoisotopic (exact) mass is 256 g/mol. The van der Waals surface area contributed by atoms with Crippen LogP contribution < -0.4 is 0 Å². The molecular weight excluding hydrogens is 236 g/mol. The number of amides is 1. The van der Waals surface area contributed by atoms with Crippen molar-refractivity contribution in [2.24, 2.45) is 5.92 Å². The van der Waals surface area contributed by atoms with Gasteiger partial charge in [-0.1, -0.05) is 43.2 Å². The number of nitrogens with zero attached hydrogens (tertiary/aromatic N) is 2. The highest BCUT2D eigenvalue weighted by molar-refractivity contribution is 5.81. The fraction of sp³-hybridized carbons (Fsp3) is 0.500. The second-order valence-electron chi connectivity index (χ2n) is 5.26. The molecule has 0 radical (unpaired) electrons. The van der Waals surface area contributed by atoms with E-state index in [4.69, 9.17) is 0 Å². The summed E-state index contributed by atoms with van der Waals surface area (Å²) >= 11 is 0. The summed E-state index contributed by atoms with van der Waals surface area (Å²) in [5.74, 6) is -0.591. The van der Waals surface area contributed by atoms with E-state index in [0.29, 0.717) is 12.5 Å². The predicted octanol–water partition coefficient (Wildman–Crippen LogP) is 2.77. The van der Waals surface area contributed by atoms with Crippen LogP contribution in [0.5, 0.6) is 0 Å². The van der Waals surface area contributed by atoms with Crippen LogP contribution in [0, 0.1) is 17.2 Å². The summed E-state index contributed by atoms with van der Waals surface area (Å²) in [4.78, 5) is 14.2. The molecule has 0 heterocycles. The molecule has 2 rings (SSSR count). The largest absolute Gasteiger partial charge is 0.342 e. The van der Waals surface area contributed by atoms with E-state index in [-0.39, 0.29) is 5.91 Å². The zero-order valence-corrected chi connectivity index (χ0v) is 11.4. The summed E-state index contributed by atoms with van der Waals surface area (Å²) in [6.07, 6.45) is 5.04. The molecule has 1 aliphatic carbocycles. The standard InChI is InChI=1S/C16H20N2O/c1-18(15-9-5-6-10-15)16(19)14(12-17)11-13-7-3-2-4-8-13/h2-4,7-8,14-15H,5-6,9-11H2,1H3. The van der Waals surface area contributed by atoms with Crippen LogP contribution in [0.3, 0.4) is 0 Å². The number of hydrogen-bond donors (Lipinski definition) is 0. The molecule has 1 fully saturated rings. The first-order valence-corrected chi connectivity index (χ1v) is 6.92. The van der Waals surface area contributed by atoms with Crippen molar-refractivity contribution < 1.29 is 4.79 Å². The van der Waals surface area contributed by atoms with Crippen molar-refractivity contribution in [1.82, 2.24) is 4.90 Å². The Morgan fingerprint density at radius 3 is 2.58 bits per heavy atom. The Kier molecular flexibility index (Phi) is 4.57. The molecule has 3 nitrogen and oxygen atoms in total. The molecule has 1 aromatic carbocycles. The first-order chi connectivity index (χ1) is 9.22. The lowest BCUT2D eigenvalue weighted by Crippen LogP contribution is -2.39. The molecule has 0 aromatic heterocycles. The van der Waals surface area contributed by atoms with Crippen LogP contribution >= 0.6 is 0 Å². The van der Waals surface area contributed by atoms with E-state index >= 15 is 0 Å². The molecule has 1 amide bonds. The molecule has 0 aliphatic heterocycles. The Labute approximate surface area is 114 Å². The summed E-state index contributed by atoms with van der Waals surface area (Å²) in [6, 6.07) is 12.2. The normalized spacial score (nSPS) is 16.8. The Balaban J connectivity index is 2.01. The van der Waals surface area contributed by atoms with Gasteiger partial charge in [0.25, 0.3) is 0 Å². The Morgan fingerprint density at radius 1 is 1.37 bits per heavy atom. The molecule has 0 saturated heterocycles. The fourth-order valence-electron chi connectivity index (χ4n) is 2.76. The number of hydrogen-bond acceptors (Lipinski definition) is 2. The summed E-state index contributed by atoms with van der Waals surface area (Å²) in [7, 11) is 1.84. The van der Waals surface area contributed by atoms with E-state index in [1.807, 2.05) is 37.4 Å². The van der Waals surface area contributed by atoms with Crippen LogP contribution in [-0.2, 0) is 11.2 Å². The van der Waals surface area contributed by atoms with E-state index in [2.05, 4.69) is 6.07 Å². The summed E-state index contributed by atoms with van der Waals surface area (Å²) in [5, 5.41) is 9.25. The molecule has 0 spiro atoms. The SMILES string of the molecule is CN(C(=O)C(C#N)Cc1ccccc1)C1CCCC1. The van der Waals surface area contributed by atoms with Crippen molar-refractivity contribution in [1.29, 1.82) is 5.26 Å². The maximum absolute atomic E-state index is 12.4. The van der Waals surface area contributed by atoms with Gasteiger partial charge in [0.05, 0.1) is 6.07 Å². The highest BCUT2D eigenvalue weighted by atomic mass is 16.2. The second kappa shape index (κ2) is 6.38. The minimum atomic E-state index is -0.562. The van der Waals surface area contributed by atoms with Gasteiger partial charge in [0.15, 0.2) is 0 Å². The fourth-order valence-corrected chi connectivity index (χ4v) is 2.76. The maximum Gasteiger partial charge on any atom is 0.240 e. The maximum atomic E-state index is 12.4. The number of rotatable bonds is 4. The molecule has 19 heavy (non-hydrogen) atoms. The van der Waals surface area contributed by atoms with Gasteiger partial charge in [0, 0.05) is 13.1 Å². The van der Waals surface area contributed by atoms with Crippen LogP contribution in [0.1, 0.15) is 31.2 Å². The van der Waals surface area contributed by atoms with Crippen LogP contribution in [0.15, 0.2) is 30.3 Å². The van der Waals surface area contributed by atoms with Gasteiger partial charge in [-0.2, -0.15) is 5.26 Å². The highest BCUT2D eigenvalue weighted by Crippen LogP contribution is 2.24. The van der Waals surface area contributed by atoms with Crippen molar-refractivity contribution in [2.45, 2.75) is 38.1 Å². The van der Waals surface area contributed by atoms with Gasteiger partial charge in [0.2, 0.25) is 5.91 Å². The summed E-state index contributed by atoms with van der Waals surface area (Å²) in [5.41, 5.74) is 1.04. The highest BCUT2D eigenvalue weighted by Gasteiger charge is 2.28. The van der Waals surface area contributed by atoms with Gasteiger partial charge in [-0.15, -0.1) is 0 Å². The molecule has 0 bridgehead atoms. The van der Waals surface area contributed by atoms with Crippen molar-refractivity contribution in [3.8, 4) is 6.07 Å². The van der Waals surface area contributed by atoms with E-state index in [1.165, 1.54) is 12.8 Å². The van der Waals surface area contributed by atoms with Gasteiger partial charge >= 0.3 is 0 Å². The molecule has 100 valence electrons. The smallest absolute Gasteiger partial charge is 0.240 e. The zero-order chi connectivity index (χ0) is 13.7. The molecular formula is C16H20N2O. The Hall–Kier alpha value is -1.82. The van der Waals surface area contributed by atoms with E-state index in [1.54, 1.807) is 4.90 Å². The third-order valence-corrected chi connectivity index (χ3v) is 3.96. The van der Waals surface area contributed by atoms with Gasteiger partial charge in [-0.05, 0) is 24.8 Å². The molecule has 1 aromatic rings. The van der Waals surface area contributed by atoms with Crippen molar-refractivity contribution >= 4 is 5.91 Å². The lowest BCUT2D eigenvalue weighted by atomic mass is 9.98. The minimum Gasteiger partial charge on any atom is -0.342 e. The number of benzene rings is 1. The molecule has 1 saturated carbocycles. The van der Waals surface area contributed by atoms with E-state index in [9.17, 15) is 10.1 Å².